The number of carbonyl (C=O) groups is 2. The van der Waals surface area contributed by atoms with Gasteiger partial charge in [-0.25, -0.2) is 0 Å². The number of anilines is 2. The smallest absolute Gasteiger partial charge is 0.306 e. The van der Waals surface area contributed by atoms with E-state index < -0.39 is 0 Å². The number of rotatable bonds is 4. The molecule has 1 heterocycles. The zero-order valence-electron chi connectivity index (χ0n) is 17.6. The van der Waals surface area contributed by atoms with E-state index in [0.29, 0.717) is 6.42 Å². The van der Waals surface area contributed by atoms with Crippen molar-refractivity contribution in [1.29, 1.82) is 0 Å². The van der Waals surface area contributed by atoms with Crippen LogP contribution in [0.3, 0.4) is 0 Å². The van der Waals surface area contributed by atoms with Crippen molar-refractivity contribution < 1.29 is 14.3 Å². The molecule has 4 nitrogen and oxygen atoms in total. The first kappa shape index (κ1) is 19.4. The normalized spacial score (nSPS) is 29.9. The van der Waals surface area contributed by atoms with Crippen molar-refractivity contribution in [3.8, 4) is 0 Å². The molecule has 0 unspecified atom stereocenters. The molecule has 0 aromatic heterocycles. The van der Waals surface area contributed by atoms with Crippen LogP contribution >= 0.6 is 11.8 Å². The highest BCUT2D eigenvalue weighted by Crippen LogP contribution is 2.61. The molecule has 0 saturated heterocycles. The lowest BCUT2D eigenvalue weighted by molar-refractivity contribution is -0.154. The highest BCUT2D eigenvalue weighted by Gasteiger charge is 2.51. The number of fused-ring (bicyclic) bond motifs is 2. The summed E-state index contributed by atoms with van der Waals surface area (Å²) in [6, 6.07) is 15.8. The fraction of sp³-hybridized carbons (Fsp3) is 0.462. The third-order valence-electron chi connectivity index (χ3n) is 7.72. The first-order valence-corrected chi connectivity index (χ1v) is 12.2. The second kappa shape index (κ2) is 7.40. The summed E-state index contributed by atoms with van der Waals surface area (Å²) >= 11 is 1.66. The van der Waals surface area contributed by atoms with Gasteiger partial charge in [0, 0.05) is 9.79 Å². The average Bonchev–Trinajstić information content (AvgIpc) is 2.74. The molecule has 5 aliphatic rings. The van der Waals surface area contributed by atoms with E-state index in [9.17, 15) is 9.59 Å². The molecule has 5 heteroatoms. The van der Waals surface area contributed by atoms with Gasteiger partial charge in [0.1, 0.15) is 0 Å². The van der Waals surface area contributed by atoms with Gasteiger partial charge in [-0.3, -0.25) is 14.5 Å². The molecule has 31 heavy (non-hydrogen) atoms. The zero-order chi connectivity index (χ0) is 21.0. The van der Waals surface area contributed by atoms with E-state index in [0.717, 1.165) is 38.9 Å². The van der Waals surface area contributed by atoms with Crippen LogP contribution in [0.4, 0.5) is 11.4 Å². The van der Waals surface area contributed by atoms with Gasteiger partial charge >= 0.3 is 5.97 Å². The molecule has 0 N–H and O–H groups in total. The number of carbonyl (C=O) groups excluding carboxylic acids is 2. The van der Waals surface area contributed by atoms with Crippen LogP contribution in [0.5, 0.6) is 0 Å². The Labute approximate surface area is 187 Å². The van der Waals surface area contributed by atoms with Crippen molar-refractivity contribution in [1.82, 2.24) is 0 Å². The van der Waals surface area contributed by atoms with E-state index in [1.807, 2.05) is 48.5 Å². The number of amides is 1. The van der Waals surface area contributed by atoms with Crippen LogP contribution in [0, 0.1) is 23.2 Å². The molecule has 2 aromatic carbocycles. The summed E-state index contributed by atoms with van der Waals surface area (Å²) in [4.78, 5) is 29.8. The molecule has 2 aromatic rings. The molecular weight excluding hydrogens is 406 g/mol. The van der Waals surface area contributed by atoms with Crippen molar-refractivity contribution in [2.45, 2.75) is 54.7 Å². The van der Waals surface area contributed by atoms with Gasteiger partial charge in [0.25, 0.3) is 5.91 Å². The summed E-state index contributed by atoms with van der Waals surface area (Å²) in [5.41, 5.74) is 1.84. The largest absolute Gasteiger partial charge is 0.456 e. The Bertz CT molecular complexity index is 968. The van der Waals surface area contributed by atoms with Crippen LogP contribution < -0.4 is 4.90 Å². The Morgan fingerprint density at radius 3 is 1.94 bits per heavy atom. The van der Waals surface area contributed by atoms with Crippen LogP contribution in [-0.2, 0) is 14.3 Å². The molecule has 4 saturated carbocycles. The molecule has 4 aliphatic carbocycles. The first-order valence-electron chi connectivity index (χ1n) is 11.4. The number of esters is 1. The van der Waals surface area contributed by atoms with Crippen molar-refractivity contribution in [3.63, 3.8) is 0 Å². The number of hydrogen-bond donors (Lipinski definition) is 0. The lowest BCUT2D eigenvalue weighted by atomic mass is 9.49. The maximum atomic E-state index is 13.2. The molecule has 0 atom stereocenters. The predicted octanol–water partition coefficient (Wildman–Crippen LogP) is 5.97. The Morgan fingerprint density at radius 1 is 0.871 bits per heavy atom. The van der Waals surface area contributed by atoms with Gasteiger partial charge in [-0.2, -0.15) is 0 Å². The molecule has 1 aliphatic heterocycles. The average molecular weight is 434 g/mol. The third-order valence-corrected chi connectivity index (χ3v) is 8.85. The minimum atomic E-state index is -0.210. The van der Waals surface area contributed by atoms with Crippen molar-refractivity contribution in [2.24, 2.45) is 23.2 Å². The summed E-state index contributed by atoms with van der Waals surface area (Å²) in [6.45, 7) is -0.210. The van der Waals surface area contributed by atoms with Gasteiger partial charge in [0.15, 0.2) is 6.61 Å². The van der Waals surface area contributed by atoms with E-state index in [4.69, 9.17) is 4.74 Å². The summed E-state index contributed by atoms with van der Waals surface area (Å²) < 4.78 is 5.59. The van der Waals surface area contributed by atoms with Gasteiger partial charge < -0.3 is 4.74 Å². The van der Waals surface area contributed by atoms with Crippen LogP contribution in [0.1, 0.15) is 44.9 Å². The van der Waals surface area contributed by atoms with Gasteiger partial charge in [-0.1, -0.05) is 36.0 Å². The summed E-state index contributed by atoms with van der Waals surface area (Å²) in [5, 5.41) is 0. The fourth-order valence-electron chi connectivity index (χ4n) is 7.04. The molecule has 1 amide bonds. The van der Waals surface area contributed by atoms with E-state index in [2.05, 4.69) is 0 Å². The van der Waals surface area contributed by atoms with Crippen LogP contribution in [0.15, 0.2) is 58.3 Å². The summed E-state index contributed by atoms with van der Waals surface area (Å²) in [6.07, 6.45) is 8.08. The maximum Gasteiger partial charge on any atom is 0.306 e. The SMILES string of the molecule is O=C(CC12CC3CC(CC(C3)C1)C2)OCC(=O)N1c2ccccc2Sc2ccccc21. The lowest BCUT2D eigenvalue weighted by Crippen LogP contribution is -2.47. The molecule has 160 valence electrons. The van der Waals surface area contributed by atoms with Crippen molar-refractivity contribution >= 4 is 35.0 Å². The number of para-hydroxylation sites is 2. The van der Waals surface area contributed by atoms with Gasteiger partial charge in [0.05, 0.1) is 17.8 Å². The molecule has 4 bridgehead atoms. The van der Waals surface area contributed by atoms with E-state index in [-0.39, 0.29) is 23.9 Å². The maximum absolute atomic E-state index is 13.2. The highest BCUT2D eigenvalue weighted by atomic mass is 32.2. The van der Waals surface area contributed by atoms with Crippen molar-refractivity contribution in [2.75, 3.05) is 11.5 Å². The highest BCUT2D eigenvalue weighted by molar-refractivity contribution is 7.99. The van der Waals surface area contributed by atoms with E-state index in [1.54, 1.807) is 16.7 Å². The van der Waals surface area contributed by atoms with Crippen LogP contribution in [0.25, 0.3) is 0 Å². The second-order valence-electron chi connectivity index (χ2n) is 10.0. The van der Waals surface area contributed by atoms with Gasteiger partial charge in [0.2, 0.25) is 0 Å². The number of ether oxygens (including phenoxy) is 1. The number of nitrogens with zero attached hydrogens (tertiary/aromatic N) is 1. The van der Waals surface area contributed by atoms with E-state index in [1.165, 1.54) is 38.5 Å². The first-order chi connectivity index (χ1) is 15.1. The van der Waals surface area contributed by atoms with Crippen LogP contribution in [0.2, 0.25) is 0 Å². The fourth-order valence-corrected chi connectivity index (χ4v) is 8.10. The number of benzene rings is 2. The van der Waals surface area contributed by atoms with Gasteiger partial charge in [-0.05, 0) is 86.0 Å². The molecule has 0 spiro atoms. The predicted molar refractivity (Wildman–Crippen MR) is 120 cm³/mol. The monoisotopic (exact) mass is 433 g/mol. The minimum absolute atomic E-state index is 0.135. The Kier molecular flexibility index (Phi) is 4.64. The molecular formula is C26H27NO3S. The number of hydrogen-bond acceptors (Lipinski definition) is 4. The Morgan fingerprint density at radius 2 is 1.39 bits per heavy atom. The quantitative estimate of drug-likeness (QED) is 0.558. The molecule has 0 radical (unpaired) electrons. The second-order valence-corrected chi connectivity index (χ2v) is 11.1. The lowest BCUT2D eigenvalue weighted by Gasteiger charge is -2.56. The summed E-state index contributed by atoms with van der Waals surface area (Å²) in [5.74, 6) is 2.01. The molecule has 7 rings (SSSR count). The Balaban J connectivity index is 1.16. The summed E-state index contributed by atoms with van der Waals surface area (Å²) in [7, 11) is 0. The van der Waals surface area contributed by atoms with Crippen LogP contribution in [-0.4, -0.2) is 18.5 Å². The van der Waals surface area contributed by atoms with Gasteiger partial charge in [-0.15, -0.1) is 0 Å². The third kappa shape index (κ3) is 3.47. The molecule has 4 fully saturated rings. The van der Waals surface area contributed by atoms with Crippen molar-refractivity contribution in [3.05, 3.63) is 48.5 Å². The Hall–Kier alpha value is -2.27. The van der Waals surface area contributed by atoms with E-state index >= 15 is 0 Å². The minimum Gasteiger partial charge on any atom is -0.456 e. The zero-order valence-corrected chi connectivity index (χ0v) is 18.4. The standard InChI is InChI=1S/C26H27NO3S/c28-24(27-20-5-1-3-7-22(20)31-23-8-4-2-6-21(23)27)16-30-25(29)15-26-12-17-9-18(13-26)11-19(10-17)14-26/h1-8,17-19H,9-16H2. The topological polar surface area (TPSA) is 46.6 Å².